The zero-order chi connectivity index (χ0) is 11.3. The van der Waals surface area contributed by atoms with Gasteiger partial charge in [-0.3, -0.25) is 4.68 Å². The predicted octanol–water partition coefficient (Wildman–Crippen LogP) is 2.23. The molecule has 5 heteroatoms. The summed E-state index contributed by atoms with van der Waals surface area (Å²) in [5.41, 5.74) is 2.85. The maximum Gasteiger partial charge on any atom is 0.147 e. The third-order valence-corrected chi connectivity index (χ3v) is 13.9. The highest BCUT2D eigenvalue weighted by molar-refractivity contribution is 7.02. The summed E-state index contributed by atoms with van der Waals surface area (Å²) in [4.78, 5) is 0. The first-order valence-corrected chi connectivity index (χ1v) is 12.1. The first-order chi connectivity index (χ1) is 6.80. The summed E-state index contributed by atoms with van der Waals surface area (Å²) in [5, 5.41) is 4.29. The average molecular weight is 239 g/mol. The Bertz CT molecular complexity index is 370. The summed E-state index contributed by atoms with van der Waals surface area (Å²) < 4.78 is 4.58. The Labute approximate surface area is 94.2 Å². The normalized spacial score (nSPS) is 23.4. The van der Waals surface area contributed by atoms with Gasteiger partial charge in [0.05, 0.1) is 20.0 Å². The molecule has 0 unspecified atom stereocenters. The fourth-order valence-corrected chi connectivity index (χ4v) is 18.4. The third kappa shape index (κ3) is 2.03. The topological polar surface area (TPSA) is 21.1 Å². The maximum absolute atomic E-state index is 4.29. The van der Waals surface area contributed by atoms with Crippen LogP contribution in [0.15, 0.2) is 12.4 Å². The molecule has 0 radical (unpaired) electrons. The van der Waals surface area contributed by atoms with E-state index in [0.29, 0.717) is 0 Å². The number of anilines is 1. The van der Waals surface area contributed by atoms with Crippen molar-refractivity contribution in [2.24, 2.45) is 7.05 Å². The van der Waals surface area contributed by atoms with Crippen LogP contribution in [-0.2, 0) is 7.05 Å². The molecule has 2 rings (SSSR count). The van der Waals surface area contributed by atoms with E-state index in [1.165, 1.54) is 17.5 Å². The predicted molar refractivity (Wildman–Crippen MR) is 70.3 cm³/mol. The molecule has 84 valence electrons. The molecule has 0 atom stereocenters. The minimum Gasteiger partial charge on any atom is -0.398 e. The molecule has 15 heavy (non-hydrogen) atoms. The van der Waals surface area contributed by atoms with Gasteiger partial charge in [-0.05, 0) is 5.67 Å². The lowest BCUT2D eigenvalue weighted by Crippen LogP contribution is -2.43. The van der Waals surface area contributed by atoms with Gasteiger partial charge < -0.3 is 4.57 Å². The van der Waals surface area contributed by atoms with Crippen LogP contribution in [0.1, 0.15) is 0 Å². The average Bonchev–Trinajstić information content (AvgIpc) is 2.52. The highest BCUT2D eigenvalue weighted by Gasteiger charge is 2.46. The molecular formula is C10H21N3Si2. The smallest absolute Gasteiger partial charge is 0.147 e. The van der Waals surface area contributed by atoms with Crippen molar-refractivity contribution in [3.05, 3.63) is 12.4 Å². The molecule has 1 aromatic rings. The van der Waals surface area contributed by atoms with Gasteiger partial charge in [0.1, 0.15) is 8.24 Å². The van der Waals surface area contributed by atoms with Crippen LogP contribution in [0.25, 0.3) is 0 Å². The summed E-state index contributed by atoms with van der Waals surface area (Å²) in [5.74, 6) is 0. The Morgan fingerprint density at radius 2 is 1.93 bits per heavy atom. The van der Waals surface area contributed by atoms with Crippen LogP contribution in [0.3, 0.4) is 0 Å². The van der Waals surface area contributed by atoms with Gasteiger partial charge in [-0.2, -0.15) is 5.10 Å². The molecule has 1 aliphatic heterocycles. The SMILES string of the molecule is Cn1cc(N2C[Si](C)(C)C[Si]2(C)C)cn1. The Morgan fingerprint density at radius 1 is 1.27 bits per heavy atom. The summed E-state index contributed by atoms with van der Waals surface area (Å²) in [6, 6.07) is 0. The van der Waals surface area contributed by atoms with Gasteiger partial charge in [0.2, 0.25) is 0 Å². The molecule has 0 aliphatic carbocycles. The van der Waals surface area contributed by atoms with E-state index in [9.17, 15) is 0 Å². The van der Waals surface area contributed by atoms with Crippen LogP contribution < -0.4 is 4.57 Å². The Balaban J connectivity index is 2.30. The van der Waals surface area contributed by atoms with Crippen LogP contribution >= 0.6 is 0 Å². The summed E-state index contributed by atoms with van der Waals surface area (Å²) in [6.45, 7) is 10.00. The molecule has 2 heterocycles. The monoisotopic (exact) mass is 239 g/mol. The first-order valence-electron chi connectivity index (χ1n) is 5.57. The third-order valence-electron chi connectivity index (χ3n) is 3.23. The molecule has 0 saturated carbocycles. The summed E-state index contributed by atoms with van der Waals surface area (Å²) >= 11 is 0. The number of hydrogen-bond donors (Lipinski definition) is 0. The molecule has 0 aromatic carbocycles. The van der Waals surface area contributed by atoms with E-state index in [-0.39, 0.29) is 0 Å². The lowest BCUT2D eigenvalue weighted by Gasteiger charge is -2.30. The van der Waals surface area contributed by atoms with Crippen LogP contribution in [0, 0.1) is 0 Å². The highest BCUT2D eigenvalue weighted by Crippen LogP contribution is 2.35. The lowest BCUT2D eigenvalue weighted by atomic mass is 10.6. The maximum atomic E-state index is 4.29. The van der Waals surface area contributed by atoms with Crippen molar-refractivity contribution in [2.45, 2.75) is 31.9 Å². The van der Waals surface area contributed by atoms with Crippen molar-refractivity contribution in [1.82, 2.24) is 9.78 Å². The van der Waals surface area contributed by atoms with Crippen LogP contribution in [0.4, 0.5) is 5.69 Å². The van der Waals surface area contributed by atoms with Crippen molar-refractivity contribution in [2.75, 3.05) is 10.7 Å². The lowest BCUT2D eigenvalue weighted by molar-refractivity contribution is 0.767. The van der Waals surface area contributed by atoms with Crippen molar-refractivity contribution < 1.29 is 0 Å². The van der Waals surface area contributed by atoms with Crippen molar-refractivity contribution in [1.29, 1.82) is 0 Å². The minimum atomic E-state index is -1.19. The molecule has 1 aliphatic rings. The summed E-state index contributed by atoms with van der Waals surface area (Å²) in [6.07, 6.45) is 5.49. The fourth-order valence-electron chi connectivity index (χ4n) is 2.95. The second kappa shape index (κ2) is 3.22. The number of rotatable bonds is 1. The van der Waals surface area contributed by atoms with E-state index in [4.69, 9.17) is 0 Å². The van der Waals surface area contributed by atoms with E-state index in [0.717, 1.165) is 0 Å². The number of hydrogen-bond acceptors (Lipinski definition) is 2. The molecule has 0 bridgehead atoms. The highest BCUT2D eigenvalue weighted by atomic mass is 28.4. The van der Waals surface area contributed by atoms with Crippen LogP contribution in [0.2, 0.25) is 31.9 Å². The fraction of sp³-hybridized carbons (Fsp3) is 0.700. The second-order valence-corrected chi connectivity index (χ2v) is 16.3. The Hall–Kier alpha value is -0.556. The quantitative estimate of drug-likeness (QED) is 0.701. The Morgan fingerprint density at radius 3 is 2.33 bits per heavy atom. The summed E-state index contributed by atoms with van der Waals surface area (Å²) in [7, 11) is -0.156. The Kier molecular flexibility index (Phi) is 2.35. The van der Waals surface area contributed by atoms with E-state index in [1.807, 2.05) is 17.9 Å². The van der Waals surface area contributed by atoms with E-state index >= 15 is 0 Å². The zero-order valence-electron chi connectivity index (χ0n) is 10.4. The van der Waals surface area contributed by atoms with Crippen LogP contribution in [0.5, 0.6) is 0 Å². The van der Waals surface area contributed by atoms with Crippen molar-refractivity contribution in [3.63, 3.8) is 0 Å². The van der Waals surface area contributed by atoms with Gasteiger partial charge in [0.15, 0.2) is 0 Å². The molecule has 0 N–H and O–H groups in total. The van der Waals surface area contributed by atoms with Gasteiger partial charge in [-0.25, -0.2) is 0 Å². The van der Waals surface area contributed by atoms with Crippen LogP contribution in [-0.4, -0.2) is 32.3 Å². The van der Waals surface area contributed by atoms with E-state index < -0.39 is 16.3 Å². The zero-order valence-corrected chi connectivity index (χ0v) is 12.4. The van der Waals surface area contributed by atoms with Gasteiger partial charge in [0.25, 0.3) is 0 Å². The minimum absolute atomic E-state index is 0.962. The second-order valence-electron chi connectivity index (χ2n) is 6.11. The van der Waals surface area contributed by atoms with E-state index in [1.54, 1.807) is 0 Å². The molecular weight excluding hydrogens is 218 g/mol. The molecule has 1 saturated heterocycles. The first kappa shape index (κ1) is 10.9. The molecule has 0 amide bonds. The van der Waals surface area contributed by atoms with Gasteiger partial charge in [0, 0.05) is 19.4 Å². The molecule has 0 spiro atoms. The number of aryl methyl sites for hydroxylation is 1. The van der Waals surface area contributed by atoms with Crippen molar-refractivity contribution >= 4 is 22.0 Å². The number of aromatic nitrogens is 2. The molecule has 3 nitrogen and oxygen atoms in total. The van der Waals surface area contributed by atoms with Gasteiger partial charge in [-0.1, -0.05) is 26.2 Å². The number of nitrogens with zero attached hydrogens (tertiary/aromatic N) is 3. The standard InChI is InChI=1S/C10H21N3Si2/c1-12-7-10(6-11-12)13-8-14(2,3)9-15(13,4)5/h6-7H,8-9H2,1-5H3. The largest absolute Gasteiger partial charge is 0.398 e. The van der Waals surface area contributed by atoms with Gasteiger partial charge >= 0.3 is 0 Å². The molecule has 1 aromatic heterocycles. The molecule has 1 fully saturated rings. The van der Waals surface area contributed by atoms with E-state index in [2.05, 4.69) is 42.0 Å². The van der Waals surface area contributed by atoms with Gasteiger partial charge in [-0.15, -0.1) is 0 Å². The van der Waals surface area contributed by atoms with Crippen molar-refractivity contribution in [3.8, 4) is 0 Å².